The molecular formula is C23H22Cl2F2N2O4. The van der Waals surface area contributed by atoms with Crippen LogP contribution < -0.4 is 10.1 Å². The topological polar surface area (TPSA) is 78.9 Å². The lowest BCUT2D eigenvalue weighted by molar-refractivity contribution is -0.194. The van der Waals surface area contributed by atoms with Gasteiger partial charge in [-0.2, -0.15) is 0 Å². The Bertz CT molecular complexity index is 1080. The lowest BCUT2D eigenvalue weighted by Gasteiger charge is -2.69. The Morgan fingerprint density at radius 2 is 1.70 bits per heavy atom. The summed E-state index contributed by atoms with van der Waals surface area (Å²) in [6.45, 7) is -0.235. The molecule has 0 aromatic heterocycles. The molecule has 0 spiro atoms. The highest BCUT2D eigenvalue weighted by Gasteiger charge is 2.72. The number of nitrogens with one attached hydrogen (secondary N) is 1. The predicted molar refractivity (Wildman–Crippen MR) is 118 cm³/mol. The molecule has 5 rings (SSSR count). The molecule has 6 nitrogen and oxygen atoms in total. The summed E-state index contributed by atoms with van der Waals surface area (Å²) in [7, 11) is 0. The molecule has 176 valence electrons. The summed E-state index contributed by atoms with van der Waals surface area (Å²) in [5.74, 6) is -1.51. The zero-order chi connectivity index (χ0) is 23.8. The van der Waals surface area contributed by atoms with Crippen LogP contribution in [-0.4, -0.2) is 47.1 Å². The van der Waals surface area contributed by atoms with E-state index in [1.54, 1.807) is 6.07 Å². The Morgan fingerprint density at radius 1 is 1.06 bits per heavy atom. The highest BCUT2D eigenvalue weighted by atomic mass is 35.5. The SMILES string of the molecule is O=C(COc1ccc(Cl)c(F)c1)NC12CC(C(=O)N(CCO)Cc3ccc(Cl)c(F)c3)(C1)C2. The summed E-state index contributed by atoms with van der Waals surface area (Å²) in [6, 6.07) is 8.26. The Labute approximate surface area is 199 Å². The lowest BCUT2D eigenvalue weighted by Crippen LogP contribution is -2.78. The van der Waals surface area contributed by atoms with Crippen molar-refractivity contribution in [2.75, 3.05) is 19.8 Å². The van der Waals surface area contributed by atoms with Crippen LogP contribution in [-0.2, 0) is 16.1 Å². The lowest BCUT2D eigenvalue weighted by atomic mass is 9.39. The Morgan fingerprint density at radius 3 is 2.30 bits per heavy atom. The summed E-state index contributed by atoms with van der Waals surface area (Å²) < 4.78 is 32.5. The number of nitrogens with zero attached hydrogens (tertiary/aromatic N) is 1. The fourth-order valence-corrected chi connectivity index (χ4v) is 5.00. The van der Waals surface area contributed by atoms with Crippen molar-refractivity contribution in [2.24, 2.45) is 5.41 Å². The fraction of sp³-hybridized carbons (Fsp3) is 0.391. The third kappa shape index (κ3) is 4.78. The third-order valence-electron chi connectivity index (χ3n) is 6.16. The number of aliphatic hydroxyl groups excluding tert-OH is 1. The summed E-state index contributed by atoms with van der Waals surface area (Å²) in [4.78, 5) is 26.9. The quantitative estimate of drug-likeness (QED) is 0.552. The number of hydrogen-bond donors (Lipinski definition) is 2. The molecule has 3 saturated carbocycles. The van der Waals surface area contributed by atoms with Gasteiger partial charge in [-0.3, -0.25) is 9.59 Å². The van der Waals surface area contributed by atoms with Gasteiger partial charge in [0.05, 0.1) is 22.1 Å². The van der Waals surface area contributed by atoms with E-state index in [2.05, 4.69) is 5.32 Å². The van der Waals surface area contributed by atoms with Gasteiger partial charge in [-0.15, -0.1) is 0 Å². The van der Waals surface area contributed by atoms with E-state index in [1.165, 1.54) is 29.2 Å². The molecule has 2 bridgehead atoms. The van der Waals surface area contributed by atoms with Crippen LogP contribution in [0.15, 0.2) is 36.4 Å². The molecule has 33 heavy (non-hydrogen) atoms. The molecule has 0 unspecified atom stereocenters. The molecule has 0 radical (unpaired) electrons. The number of halogens is 4. The van der Waals surface area contributed by atoms with Crippen LogP contribution in [0.5, 0.6) is 5.75 Å². The van der Waals surface area contributed by atoms with Gasteiger partial charge < -0.3 is 20.1 Å². The minimum absolute atomic E-state index is 0.000987. The summed E-state index contributed by atoms with van der Waals surface area (Å²) in [5, 5.41) is 12.3. The molecule has 3 aliphatic carbocycles. The Hall–Kier alpha value is -2.42. The number of carbonyl (C=O) groups excluding carboxylic acids is 2. The molecule has 3 aliphatic rings. The van der Waals surface area contributed by atoms with Crippen LogP contribution in [0.1, 0.15) is 24.8 Å². The van der Waals surface area contributed by atoms with Crippen LogP contribution in [0, 0.1) is 17.0 Å². The fourth-order valence-electron chi connectivity index (χ4n) is 4.76. The second-order valence-electron chi connectivity index (χ2n) is 8.70. The maximum Gasteiger partial charge on any atom is 0.258 e. The van der Waals surface area contributed by atoms with Crippen molar-refractivity contribution < 1.29 is 28.2 Å². The third-order valence-corrected chi connectivity index (χ3v) is 6.78. The molecule has 2 N–H and O–H groups in total. The van der Waals surface area contributed by atoms with Crippen molar-refractivity contribution in [1.82, 2.24) is 10.2 Å². The summed E-state index contributed by atoms with van der Waals surface area (Å²) >= 11 is 11.3. The van der Waals surface area contributed by atoms with E-state index < -0.39 is 22.6 Å². The number of rotatable bonds is 9. The van der Waals surface area contributed by atoms with Crippen LogP contribution in [0.3, 0.4) is 0 Å². The van der Waals surface area contributed by atoms with Gasteiger partial charge in [0.25, 0.3) is 5.91 Å². The molecule has 10 heteroatoms. The number of carbonyl (C=O) groups is 2. The van der Waals surface area contributed by atoms with Crippen LogP contribution in [0.4, 0.5) is 8.78 Å². The largest absolute Gasteiger partial charge is 0.484 e. The first-order valence-electron chi connectivity index (χ1n) is 10.4. The average Bonchev–Trinajstić information content (AvgIpc) is 2.72. The van der Waals surface area contributed by atoms with Gasteiger partial charge in [-0.1, -0.05) is 29.3 Å². The van der Waals surface area contributed by atoms with Crippen LogP contribution >= 0.6 is 23.2 Å². The van der Waals surface area contributed by atoms with Crippen molar-refractivity contribution >= 4 is 35.0 Å². The van der Waals surface area contributed by atoms with Gasteiger partial charge in [0.1, 0.15) is 17.4 Å². The van der Waals surface area contributed by atoms with Gasteiger partial charge in [0, 0.05) is 24.7 Å². The van der Waals surface area contributed by atoms with Crippen molar-refractivity contribution in [2.45, 2.75) is 31.3 Å². The minimum Gasteiger partial charge on any atom is -0.484 e. The summed E-state index contributed by atoms with van der Waals surface area (Å²) in [6.07, 6.45) is 1.45. The molecule has 0 saturated heterocycles. The normalized spacial score (nSPS) is 22.7. The maximum absolute atomic E-state index is 13.8. The van der Waals surface area contributed by atoms with Crippen LogP contribution in [0.2, 0.25) is 10.0 Å². The highest BCUT2D eigenvalue weighted by molar-refractivity contribution is 6.31. The Kier molecular flexibility index (Phi) is 6.53. The number of aliphatic hydroxyl groups is 1. The first-order valence-corrected chi connectivity index (χ1v) is 11.1. The molecule has 3 fully saturated rings. The zero-order valence-electron chi connectivity index (χ0n) is 17.5. The van der Waals surface area contributed by atoms with E-state index in [4.69, 9.17) is 27.9 Å². The van der Waals surface area contributed by atoms with Crippen molar-refractivity contribution in [1.29, 1.82) is 0 Å². The summed E-state index contributed by atoms with van der Waals surface area (Å²) in [5.41, 5.74) is -0.476. The molecule has 2 amide bonds. The molecule has 2 aromatic rings. The van der Waals surface area contributed by atoms with E-state index >= 15 is 0 Å². The predicted octanol–water partition coefficient (Wildman–Crippen LogP) is 3.71. The van der Waals surface area contributed by atoms with E-state index in [0.717, 1.165) is 6.07 Å². The van der Waals surface area contributed by atoms with E-state index in [9.17, 15) is 23.5 Å². The first kappa shape index (κ1) is 23.7. The average molecular weight is 499 g/mol. The van der Waals surface area contributed by atoms with Crippen LogP contribution in [0.25, 0.3) is 0 Å². The van der Waals surface area contributed by atoms with Gasteiger partial charge >= 0.3 is 0 Å². The van der Waals surface area contributed by atoms with Gasteiger partial charge in [0.15, 0.2) is 6.61 Å². The number of hydrogen-bond acceptors (Lipinski definition) is 4. The zero-order valence-corrected chi connectivity index (χ0v) is 19.1. The van der Waals surface area contributed by atoms with Gasteiger partial charge in [0.2, 0.25) is 5.91 Å². The highest BCUT2D eigenvalue weighted by Crippen LogP contribution is 2.67. The number of benzene rings is 2. The molecule has 0 aliphatic heterocycles. The van der Waals surface area contributed by atoms with E-state index in [-0.39, 0.29) is 53.9 Å². The van der Waals surface area contributed by atoms with Crippen molar-refractivity contribution in [3.8, 4) is 5.75 Å². The smallest absolute Gasteiger partial charge is 0.258 e. The van der Waals surface area contributed by atoms with Gasteiger partial charge in [-0.05, 0) is 49.1 Å². The minimum atomic E-state index is -0.636. The van der Waals surface area contributed by atoms with E-state index in [0.29, 0.717) is 24.8 Å². The maximum atomic E-state index is 13.8. The Balaban J connectivity index is 1.30. The number of amides is 2. The molecule has 0 heterocycles. The second kappa shape index (κ2) is 9.08. The molecule has 2 aromatic carbocycles. The molecule has 0 atom stereocenters. The molecular weight excluding hydrogens is 477 g/mol. The van der Waals surface area contributed by atoms with E-state index in [1.807, 2.05) is 0 Å². The second-order valence-corrected chi connectivity index (χ2v) is 9.52. The number of ether oxygens (including phenoxy) is 1. The van der Waals surface area contributed by atoms with Crippen molar-refractivity contribution in [3.05, 3.63) is 63.6 Å². The van der Waals surface area contributed by atoms with Gasteiger partial charge in [-0.25, -0.2) is 8.78 Å². The van der Waals surface area contributed by atoms with Crippen molar-refractivity contribution in [3.63, 3.8) is 0 Å². The first-order chi connectivity index (χ1) is 15.7. The standard InChI is InChI=1S/C23H22Cl2F2N2O4/c24-16-3-1-14(7-18(16)26)9-29(5-6-30)21(32)22-11-23(12-22,13-22)28-20(31)10-33-15-2-4-17(25)19(27)8-15/h1-4,7-8,30H,5-6,9-13H2,(H,28,31). The monoisotopic (exact) mass is 498 g/mol.